The highest BCUT2D eigenvalue weighted by molar-refractivity contribution is 7.99. The van der Waals surface area contributed by atoms with E-state index < -0.39 is 75.7 Å². The second kappa shape index (κ2) is 21.8. The third-order valence-corrected chi connectivity index (χ3v) is 17.9. The number of aliphatic hydroxyl groups is 1. The number of piperidine rings is 1. The molecule has 13 nitrogen and oxygen atoms in total. The largest absolute Gasteiger partial charge is 0.501 e. The summed E-state index contributed by atoms with van der Waals surface area (Å²) in [5.74, 6) is -2.90. The zero-order valence-corrected chi connectivity index (χ0v) is 43.7. The highest BCUT2D eigenvalue weighted by atomic mass is 35.5. The molecule has 3 heterocycles. The van der Waals surface area contributed by atoms with Crippen molar-refractivity contribution < 1.29 is 53.8 Å². The molecule has 0 saturated carbocycles. The first-order valence-electron chi connectivity index (χ1n) is 23.6. The first kappa shape index (κ1) is 54.4. The monoisotopic (exact) mass is 1100 g/mol. The molecule has 6 aromatic rings. The van der Waals surface area contributed by atoms with Crippen molar-refractivity contribution in [1.29, 1.82) is 0 Å². The second-order valence-corrected chi connectivity index (χ2v) is 23.8. The number of likely N-dealkylation sites (tertiary alicyclic amines) is 1. The number of sulfone groups is 1. The summed E-state index contributed by atoms with van der Waals surface area (Å²) in [6.45, 7) is 6.22. The molecule has 1 aromatic heterocycles. The number of hydrogen-bond acceptors (Lipinski definition) is 11. The van der Waals surface area contributed by atoms with Crippen LogP contribution in [0.1, 0.15) is 42.2 Å². The fourth-order valence-electron chi connectivity index (χ4n) is 9.29. The van der Waals surface area contributed by atoms with Gasteiger partial charge in [-0.05, 0) is 118 Å². The molecule has 394 valence electrons. The molecule has 0 bridgehead atoms. The second-order valence-electron chi connectivity index (χ2n) is 18.6. The van der Waals surface area contributed by atoms with Crippen LogP contribution in [0, 0.1) is 18.6 Å². The van der Waals surface area contributed by atoms with Crippen molar-refractivity contribution in [3.8, 4) is 22.4 Å². The van der Waals surface area contributed by atoms with Gasteiger partial charge in [-0.1, -0.05) is 41.9 Å². The summed E-state index contributed by atoms with van der Waals surface area (Å²) >= 11 is 7.55. The van der Waals surface area contributed by atoms with Gasteiger partial charge in [0.2, 0.25) is 0 Å². The van der Waals surface area contributed by atoms with Crippen LogP contribution in [-0.2, 0) is 26.9 Å². The normalized spacial score (nSPS) is 16.0. The molecule has 22 heteroatoms. The van der Waals surface area contributed by atoms with Gasteiger partial charge in [-0.2, -0.15) is 13.2 Å². The van der Waals surface area contributed by atoms with Crippen molar-refractivity contribution in [2.75, 3.05) is 71.4 Å². The van der Waals surface area contributed by atoms with Gasteiger partial charge in [0.1, 0.15) is 10.7 Å². The fourth-order valence-corrected chi connectivity index (χ4v) is 12.5. The van der Waals surface area contributed by atoms with Crippen molar-refractivity contribution >= 4 is 71.9 Å². The number of thioether (sulfide) groups is 1. The van der Waals surface area contributed by atoms with Crippen LogP contribution in [0.4, 0.5) is 44.7 Å². The van der Waals surface area contributed by atoms with Crippen molar-refractivity contribution in [3.05, 3.63) is 137 Å². The molecule has 5 aromatic carbocycles. The summed E-state index contributed by atoms with van der Waals surface area (Å²) in [4.78, 5) is 17.4. The average molecular weight is 1100 g/mol. The molecule has 0 aliphatic carbocycles. The SMILES string of the molecule is Cc1c(C(=O)O)c(-c2c(F)ccc(N3CCN(c4ccc(NS(=O)(=O)c5ccc(N[C@H](CCN6CCC(C)(O)CC6)CSc6ccccc6)c(S(=O)(=O)C(F)(F)F)c5)cc4)CC3)c2F)c(-c2ccc(Cl)cc2)n1C. The molecule has 0 amide bonds. The number of alkyl halides is 3. The number of rotatable bonds is 17. The van der Waals surface area contributed by atoms with Crippen molar-refractivity contribution in [1.82, 2.24) is 9.47 Å². The Morgan fingerprint density at radius 3 is 2.09 bits per heavy atom. The Hall–Kier alpha value is -5.84. The van der Waals surface area contributed by atoms with Crippen LogP contribution >= 0.6 is 23.4 Å². The number of carboxylic acid groups (broad SMARTS) is 1. The van der Waals surface area contributed by atoms with Crippen LogP contribution in [-0.4, -0.2) is 111 Å². The van der Waals surface area contributed by atoms with Gasteiger partial charge in [-0.15, -0.1) is 11.8 Å². The Labute approximate surface area is 435 Å². The number of carboxylic acids is 1. The molecule has 2 aliphatic rings. The van der Waals surface area contributed by atoms with Crippen molar-refractivity contribution in [3.63, 3.8) is 0 Å². The topological polar surface area (TPSA) is 165 Å². The molecule has 0 spiro atoms. The predicted molar refractivity (Wildman–Crippen MR) is 280 cm³/mol. The molecule has 2 saturated heterocycles. The van der Waals surface area contributed by atoms with E-state index in [0.29, 0.717) is 85.8 Å². The number of piperazine rings is 1. The summed E-state index contributed by atoms with van der Waals surface area (Å²) < 4.78 is 133. The number of carbonyl (C=O) groups is 1. The summed E-state index contributed by atoms with van der Waals surface area (Å²) in [7, 11) is -9.12. The maximum Gasteiger partial charge on any atom is 0.501 e. The third-order valence-electron chi connectivity index (χ3n) is 13.6. The molecule has 2 fully saturated rings. The zero-order valence-electron chi connectivity index (χ0n) is 40.5. The van der Waals surface area contributed by atoms with E-state index in [2.05, 4.69) is 14.9 Å². The lowest BCUT2D eigenvalue weighted by atomic mass is 9.94. The van der Waals surface area contributed by atoms with Gasteiger partial charge in [0.25, 0.3) is 19.9 Å². The van der Waals surface area contributed by atoms with E-state index in [1.165, 1.54) is 30.0 Å². The quantitative estimate of drug-likeness (QED) is 0.0506. The minimum atomic E-state index is -6.07. The lowest BCUT2D eigenvalue weighted by molar-refractivity contribution is -0.0436. The smallest absolute Gasteiger partial charge is 0.478 e. The zero-order chi connectivity index (χ0) is 53.3. The number of anilines is 4. The summed E-state index contributed by atoms with van der Waals surface area (Å²) in [6.07, 6.45) is 1.48. The van der Waals surface area contributed by atoms with Gasteiger partial charge in [0.15, 0.2) is 5.82 Å². The Balaban J connectivity index is 0.980. The Bertz CT molecular complexity index is 3240. The highest BCUT2D eigenvalue weighted by Gasteiger charge is 2.48. The number of aromatic nitrogens is 1. The average Bonchev–Trinajstić information content (AvgIpc) is 3.61. The lowest BCUT2D eigenvalue weighted by Gasteiger charge is -2.37. The third kappa shape index (κ3) is 11.8. The van der Waals surface area contributed by atoms with E-state index in [-0.39, 0.29) is 41.3 Å². The molecule has 1 atom stereocenters. The summed E-state index contributed by atoms with van der Waals surface area (Å²) in [6, 6.07) is 26.3. The van der Waals surface area contributed by atoms with Crippen LogP contribution in [0.5, 0.6) is 0 Å². The maximum atomic E-state index is 16.8. The first-order valence-corrected chi connectivity index (χ1v) is 27.9. The van der Waals surface area contributed by atoms with Gasteiger partial charge < -0.3 is 34.8 Å². The van der Waals surface area contributed by atoms with Gasteiger partial charge >= 0.3 is 11.5 Å². The summed E-state index contributed by atoms with van der Waals surface area (Å²) in [5.41, 5.74) is -5.98. The van der Waals surface area contributed by atoms with Crippen LogP contribution in [0.2, 0.25) is 5.02 Å². The number of sulfonamides is 1. The van der Waals surface area contributed by atoms with Gasteiger partial charge in [-0.25, -0.2) is 30.4 Å². The standard InChI is InChI=1S/C52H54ClF5N6O7S3/c1-33-45(50(65)66)47(49(61(33)3)34-9-11-35(53)12-10-34)46-41(54)18-20-43(48(46)55)64-29-27-63(28-30-64)38-15-13-36(14-16-38)60-74(70,71)40-17-19-42(44(31-40)73(68,69)52(56,57)58)59-37(32-72-39-7-5-4-6-8-39)21-24-62-25-22-51(2,67)23-26-62/h4-20,31,37,59-60,67H,21-30,32H2,1-3H3,(H,65,66)/t37-/m1/s1. The van der Waals surface area contributed by atoms with Crippen LogP contribution in [0.25, 0.3) is 22.4 Å². The molecule has 8 rings (SSSR count). The summed E-state index contributed by atoms with van der Waals surface area (Å²) in [5, 5.41) is 24.2. The maximum absolute atomic E-state index is 16.8. The van der Waals surface area contributed by atoms with Crippen LogP contribution < -0.4 is 19.8 Å². The molecular weight excluding hydrogens is 1050 g/mol. The number of aromatic carboxylic acids is 1. The number of hydrogen-bond donors (Lipinski definition) is 4. The van der Waals surface area contributed by atoms with Crippen molar-refractivity contribution in [2.24, 2.45) is 7.05 Å². The van der Waals surface area contributed by atoms with Gasteiger partial charge in [-0.3, -0.25) is 4.72 Å². The highest BCUT2D eigenvalue weighted by Crippen LogP contribution is 2.44. The molecule has 2 aliphatic heterocycles. The minimum absolute atomic E-state index is 0.0304. The van der Waals surface area contributed by atoms with E-state index in [4.69, 9.17) is 11.6 Å². The van der Waals surface area contributed by atoms with E-state index in [1.807, 2.05) is 35.2 Å². The number of benzene rings is 5. The molecule has 0 unspecified atom stereocenters. The Kier molecular flexibility index (Phi) is 16.0. The van der Waals surface area contributed by atoms with E-state index in [1.54, 1.807) is 66.8 Å². The Morgan fingerprint density at radius 1 is 0.838 bits per heavy atom. The molecule has 0 radical (unpaired) electrons. The van der Waals surface area contributed by atoms with Crippen molar-refractivity contribution in [2.45, 2.75) is 64.9 Å². The molecule has 74 heavy (non-hydrogen) atoms. The minimum Gasteiger partial charge on any atom is -0.478 e. The molecule has 4 N–H and O–H groups in total. The van der Waals surface area contributed by atoms with Crippen LogP contribution in [0.3, 0.4) is 0 Å². The van der Waals surface area contributed by atoms with Gasteiger partial charge in [0, 0.05) is 97.2 Å². The van der Waals surface area contributed by atoms with E-state index >= 15 is 8.78 Å². The molecular formula is C52H54ClF5N6O7S3. The van der Waals surface area contributed by atoms with E-state index in [9.17, 15) is 45.0 Å². The number of nitrogens with zero attached hydrogens (tertiary/aromatic N) is 4. The first-order chi connectivity index (χ1) is 34.9. The van der Waals surface area contributed by atoms with Crippen LogP contribution in [0.15, 0.2) is 124 Å². The number of halogens is 6. The van der Waals surface area contributed by atoms with E-state index in [0.717, 1.165) is 23.1 Å². The predicted octanol–water partition coefficient (Wildman–Crippen LogP) is 10.5. The van der Waals surface area contributed by atoms with Gasteiger partial charge in [0.05, 0.1) is 38.7 Å². The fraction of sp³-hybridized carbons (Fsp3) is 0.327. The lowest BCUT2D eigenvalue weighted by Crippen LogP contribution is -2.46. The Morgan fingerprint density at radius 2 is 1.47 bits per heavy atom. The number of nitrogens with one attached hydrogen (secondary N) is 2.